The highest BCUT2D eigenvalue weighted by Crippen LogP contribution is 2.34. The third-order valence-electron chi connectivity index (χ3n) is 3.30. The molecule has 2 atom stereocenters. The number of ether oxygens (including phenoxy) is 2. The first kappa shape index (κ1) is 12.6. The zero-order valence-electron chi connectivity index (χ0n) is 10.8. The standard InChI is InChI=1S/C14H21NO2/c1-10(2)11-4-6-12(7-5-11)14(3)16-9-13(8-15)17-14/h4-7,10,13H,8-9,15H2,1-3H3. The summed E-state index contributed by atoms with van der Waals surface area (Å²) >= 11 is 0. The van der Waals surface area contributed by atoms with Crippen molar-refractivity contribution in [3.8, 4) is 0 Å². The highest BCUT2D eigenvalue weighted by Gasteiger charge is 2.38. The van der Waals surface area contributed by atoms with Gasteiger partial charge in [0.2, 0.25) is 0 Å². The summed E-state index contributed by atoms with van der Waals surface area (Å²) in [6.07, 6.45) is 0.00442. The van der Waals surface area contributed by atoms with Crippen LogP contribution in [0.25, 0.3) is 0 Å². The molecule has 3 nitrogen and oxygen atoms in total. The third-order valence-corrected chi connectivity index (χ3v) is 3.30. The molecule has 0 amide bonds. The molecular weight excluding hydrogens is 214 g/mol. The first-order valence-corrected chi connectivity index (χ1v) is 6.17. The Morgan fingerprint density at radius 1 is 1.35 bits per heavy atom. The van der Waals surface area contributed by atoms with E-state index in [-0.39, 0.29) is 6.10 Å². The molecule has 1 fully saturated rings. The first-order valence-electron chi connectivity index (χ1n) is 6.17. The molecule has 0 saturated carbocycles. The summed E-state index contributed by atoms with van der Waals surface area (Å²) in [7, 11) is 0. The van der Waals surface area contributed by atoms with Gasteiger partial charge in [-0.2, -0.15) is 0 Å². The Bertz CT molecular complexity index is 374. The Labute approximate surface area is 103 Å². The number of hydrogen-bond donors (Lipinski definition) is 1. The van der Waals surface area contributed by atoms with Crippen molar-refractivity contribution in [2.24, 2.45) is 5.73 Å². The van der Waals surface area contributed by atoms with E-state index in [2.05, 4.69) is 38.1 Å². The summed E-state index contributed by atoms with van der Waals surface area (Å²) in [6.45, 7) is 7.39. The lowest BCUT2D eigenvalue weighted by Crippen LogP contribution is -2.27. The minimum atomic E-state index is -0.639. The van der Waals surface area contributed by atoms with Crippen LogP contribution in [0, 0.1) is 0 Å². The van der Waals surface area contributed by atoms with E-state index in [0.717, 1.165) is 5.56 Å². The molecule has 2 rings (SSSR count). The minimum Gasteiger partial charge on any atom is -0.343 e. The van der Waals surface area contributed by atoms with Crippen LogP contribution in [0.1, 0.15) is 37.8 Å². The molecule has 2 N–H and O–H groups in total. The van der Waals surface area contributed by atoms with Crippen molar-refractivity contribution in [3.05, 3.63) is 35.4 Å². The van der Waals surface area contributed by atoms with Gasteiger partial charge in [-0.3, -0.25) is 0 Å². The molecule has 1 aromatic carbocycles. The van der Waals surface area contributed by atoms with Crippen molar-refractivity contribution in [2.75, 3.05) is 13.2 Å². The van der Waals surface area contributed by atoms with E-state index in [1.165, 1.54) is 5.56 Å². The van der Waals surface area contributed by atoms with Gasteiger partial charge >= 0.3 is 0 Å². The van der Waals surface area contributed by atoms with Crippen molar-refractivity contribution in [2.45, 2.75) is 38.6 Å². The molecule has 1 aromatic rings. The normalized spacial score (nSPS) is 28.9. The molecular formula is C14H21NO2. The van der Waals surface area contributed by atoms with Crippen molar-refractivity contribution < 1.29 is 9.47 Å². The Kier molecular flexibility index (Phi) is 3.52. The summed E-state index contributed by atoms with van der Waals surface area (Å²) in [5.74, 6) is -0.0985. The van der Waals surface area contributed by atoms with Gasteiger partial charge in [-0.1, -0.05) is 38.1 Å². The van der Waals surface area contributed by atoms with E-state index < -0.39 is 5.79 Å². The first-order chi connectivity index (χ1) is 8.05. The molecule has 2 unspecified atom stereocenters. The smallest absolute Gasteiger partial charge is 0.192 e. The van der Waals surface area contributed by atoms with Crippen LogP contribution in [0.15, 0.2) is 24.3 Å². The monoisotopic (exact) mass is 235 g/mol. The summed E-state index contributed by atoms with van der Waals surface area (Å²) in [5, 5.41) is 0. The van der Waals surface area contributed by atoms with Crippen LogP contribution in [-0.2, 0) is 15.3 Å². The molecule has 1 aliphatic heterocycles. The average Bonchev–Trinajstić information content (AvgIpc) is 2.73. The molecule has 0 spiro atoms. The zero-order chi connectivity index (χ0) is 12.5. The maximum atomic E-state index is 5.84. The fraction of sp³-hybridized carbons (Fsp3) is 0.571. The van der Waals surface area contributed by atoms with E-state index >= 15 is 0 Å². The SMILES string of the molecule is CC(C)c1ccc(C2(C)OCC(CN)O2)cc1. The van der Waals surface area contributed by atoms with Crippen LogP contribution >= 0.6 is 0 Å². The quantitative estimate of drug-likeness (QED) is 0.874. The summed E-state index contributed by atoms with van der Waals surface area (Å²) in [6, 6.07) is 8.42. The predicted molar refractivity (Wildman–Crippen MR) is 67.8 cm³/mol. The lowest BCUT2D eigenvalue weighted by molar-refractivity contribution is -0.160. The van der Waals surface area contributed by atoms with Crippen LogP contribution in [-0.4, -0.2) is 19.3 Å². The summed E-state index contributed by atoms with van der Waals surface area (Å²) < 4.78 is 11.6. The van der Waals surface area contributed by atoms with Crippen molar-refractivity contribution in [1.29, 1.82) is 0 Å². The number of benzene rings is 1. The van der Waals surface area contributed by atoms with Gasteiger partial charge in [0, 0.05) is 12.1 Å². The molecule has 94 valence electrons. The Balaban J connectivity index is 2.17. The van der Waals surface area contributed by atoms with Crippen LogP contribution in [0.2, 0.25) is 0 Å². The van der Waals surface area contributed by atoms with Crippen molar-refractivity contribution in [3.63, 3.8) is 0 Å². The van der Waals surface area contributed by atoms with Crippen LogP contribution in [0.4, 0.5) is 0 Å². The van der Waals surface area contributed by atoms with Gasteiger partial charge in [0.1, 0.15) is 0 Å². The molecule has 1 aliphatic rings. The maximum absolute atomic E-state index is 5.84. The van der Waals surface area contributed by atoms with Gasteiger partial charge in [0.25, 0.3) is 0 Å². The molecule has 1 heterocycles. The van der Waals surface area contributed by atoms with Crippen molar-refractivity contribution >= 4 is 0 Å². The molecule has 1 saturated heterocycles. The summed E-state index contributed by atoms with van der Waals surface area (Å²) in [5.41, 5.74) is 7.97. The second-order valence-electron chi connectivity index (χ2n) is 5.01. The second kappa shape index (κ2) is 4.77. The predicted octanol–water partition coefficient (Wildman–Crippen LogP) is 2.36. The molecule has 0 aliphatic carbocycles. The number of nitrogens with two attached hydrogens (primary N) is 1. The highest BCUT2D eigenvalue weighted by atomic mass is 16.7. The van der Waals surface area contributed by atoms with Gasteiger partial charge in [0.15, 0.2) is 5.79 Å². The molecule has 3 heteroatoms. The topological polar surface area (TPSA) is 44.5 Å². The molecule has 0 aromatic heterocycles. The largest absolute Gasteiger partial charge is 0.343 e. The van der Waals surface area contributed by atoms with Crippen LogP contribution < -0.4 is 5.73 Å². The van der Waals surface area contributed by atoms with E-state index in [1.54, 1.807) is 0 Å². The number of hydrogen-bond acceptors (Lipinski definition) is 3. The van der Waals surface area contributed by atoms with Crippen LogP contribution in [0.5, 0.6) is 0 Å². The molecule has 17 heavy (non-hydrogen) atoms. The zero-order valence-corrected chi connectivity index (χ0v) is 10.8. The lowest BCUT2D eigenvalue weighted by Gasteiger charge is -2.24. The molecule has 0 radical (unpaired) electrons. The van der Waals surface area contributed by atoms with Crippen molar-refractivity contribution in [1.82, 2.24) is 0 Å². The van der Waals surface area contributed by atoms with Gasteiger partial charge in [-0.15, -0.1) is 0 Å². The fourth-order valence-corrected chi connectivity index (χ4v) is 2.08. The summed E-state index contributed by atoms with van der Waals surface area (Å²) in [4.78, 5) is 0. The Morgan fingerprint density at radius 3 is 2.47 bits per heavy atom. The Hall–Kier alpha value is -0.900. The van der Waals surface area contributed by atoms with Gasteiger partial charge in [-0.25, -0.2) is 0 Å². The fourth-order valence-electron chi connectivity index (χ4n) is 2.08. The minimum absolute atomic E-state index is 0.00442. The van der Waals surface area contributed by atoms with Gasteiger partial charge < -0.3 is 15.2 Å². The van der Waals surface area contributed by atoms with E-state index in [4.69, 9.17) is 15.2 Å². The van der Waals surface area contributed by atoms with Crippen LogP contribution in [0.3, 0.4) is 0 Å². The highest BCUT2D eigenvalue weighted by molar-refractivity contribution is 5.27. The van der Waals surface area contributed by atoms with E-state index in [1.807, 2.05) is 6.92 Å². The van der Waals surface area contributed by atoms with E-state index in [0.29, 0.717) is 19.1 Å². The molecule has 0 bridgehead atoms. The van der Waals surface area contributed by atoms with Gasteiger partial charge in [0.05, 0.1) is 12.7 Å². The maximum Gasteiger partial charge on any atom is 0.192 e. The average molecular weight is 235 g/mol. The van der Waals surface area contributed by atoms with Gasteiger partial charge in [-0.05, 0) is 18.4 Å². The second-order valence-corrected chi connectivity index (χ2v) is 5.01. The lowest BCUT2D eigenvalue weighted by atomic mass is 9.99. The number of rotatable bonds is 3. The Morgan fingerprint density at radius 2 is 2.00 bits per heavy atom. The van der Waals surface area contributed by atoms with E-state index in [9.17, 15) is 0 Å². The third kappa shape index (κ3) is 2.51.